The van der Waals surface area contributed by atoms with Crippen molar-refractivity contribution < 1.29 is 18.7 Å². The minimum absolute atomic E-state index is 0.108. The van der Waals surface area contributed by atoms with Crippen LogP contribution in [0.25, 0.3) is 0 Å². The number of thiol groups is 1. The maximum absolute atomic E-state index is 14.4. The van der Waals surface area contributed by atoms with Gasteiger partial charge in [-0.25, -0.2) is 14.2 Å². The summed E-state index contributed by atoms with van der Waals surface area (Å²) in [6, 6.07) is 5.75. The summed E-state index contributed by atoms with van der Waals surface area (Å²) in [6.07, 6.45) is 1.60. The summed E-state index contributed by atoms with van der Waals surface area (Å²) in [7, 11) is 2.83. The monoisotopic (exact) mass is 385 g/mol. The molecule has 0 spiro atoms. The Morgan fingerprint density at radius 2 is 1.96 bits per heavy atom. The van der Waals surface area contributed by atoms with Gasteiger partial charge >= 0.3 is 6.03 Å². The first-order valence-electron chi connectivity index (χ1n) is 7.24. The minimum atomic E-state index is -0.525. The molecule has 0 fully saturated rings. The van der Waals surface area contributed by atoms with Crippen molar-refractivity contribution in [3.8, 4) is 11.5 Å². The number of ether oxygens (including phenoxy) is 2. The Kier molecular flexibility index (Phi) is 6.72. The van der Waals surface area contributed by atoms with E-state index in [-0.39, 0.29) is 18.7 Å². The molecule has 0 saturated heterocycles. The second-order valence-electron chi connectivity index (χ2n) is 4.93. The number of halogens is 2. The van der Waals surface area contributed by atoms with Crippen LogP contribution in [0.5, 0.6) is 11.5 Å². The Hall–Kier alpha value is -2.19. The Balaban J connectivity index is 2.02. The fourth-order valence-electron chi connectivity index (χ4n) is 2.11. The summed E-state index contributed by atoms with van der Waals surface area (Å²) < 4.78 is 25.6. The molecule has 2 amide bonds. The number of benzene rings is 1. The van der Waals surface area contributed by atoms with Crippen molar-refractivity contribution in [1.29, 1.82) is 0 Å². The van der Waals surface area contributed by atoms with Crippen LogP contribution < -0.4 is 14.8 Å². The number of urea groups is 1. The molecule has 0 unspecified atom stereocenters. The van der Waals surface area contributed by atoms with Gasteiger partial charge in [0.2, 0.25) is 0 Å². The molecule has 2 rings (SSSR count). The van der Waals surface area contributed by atoms with Crippen molar-refractivity contribution in [3.05, 3.63) is 46.9 Å². The zero-order valence-corrected chi connectivity index (χ0v) is 15.3. The highest BCUT2D eigenvalue weighted by molar-refractivity contribution is 7.78. The van der Waals surface area contributed by atoms with E-state index >= 15 is 0 Å². The molecule has 0 bridgehead atoms. The van der Waals surface area contributed by atoms with Gasteiger partial charge < -0.3 is 9.47 Å². The number of carbonyl (C=O) groups is 1. The number of pyridine rings is 1. The molecule has 0 aliphatic heterocycles. The molecule has 1 aromatic carbocycles. The zero-order chi connectivity index (χ0) is 18.4. The number of anilines is 1. The maximum atomic E-state index is 14.4. The number of rotatable bonds is 6. The lowest BCUT2D eigenvalue weighted by Gasteiger charge is -2.18. The highest BCUT2D eigenvalue weighted by Gasteiger charge is 2.17. The molecule has 6 nitrogen and oxygen atoms in total. The van der Waals surface area contributed by atoms with E-state index in [1.807, 2.05) is 0 Å². The second kappa shape index (κ2) is 8.77. The lowest BCUT2D eigenvalue weighted by atomic mass is 10.1. The molecule has 0 aliphatic carbocycles. The summed E-state index contributed by atoms with van der Waals surface area (Å²) in [5.74, 6) is 0.290. The predicted octanol–water partition coefficient (Wildman–Crippen LogP) is 3.81. The molecule has 0 radical (unpaired) electrons. The molecule has 1 N–H and O–H groups in total. The van der Waals surface area contributed by atoms with Crippen LogP contribution in [0.4, 0.5) is 15.0 Å². The Morgan fingerprint density at radius 1 is 1.28 bits per heavy atom. The van der Waals surface area contributed by atoms with Gasteiger partial charge in [0, 0.05) is 18.3 Å². The smallest absolute Gasteiger partial charge is 0.332 e. The van der Waals surface area contributed by atoms with Crippen molar-refractivity contribution in [2.24, 2.45) is 0 Å². The Bertz CT molecular complexity index is 746. The Labute approximate surface area is 155 Å². The number of hydrogen-bond acceptors (Lipinski definition) is 5. The number of nitrogens with zero attached hydrogens (tertiary/aromatic N) is 2. The van der Waals surface area contributed by atoms with Gasteiger partial charge in [0.05, 0.1) is 19.2 Å². The van der Waals surface area contributed by atoms with E-state index in [9.17, 15) is 9.18 Å². The number of hydrogen-bond donors (Lipinski definition) is 2. The van der Waals surface area contributed by atoms with E-state index in [1.54, 1.807) is 18.2 Å². The SMILES string of the molecule is COc1ccc(OC)c(CCN(S)C(=O)Nc2ccc(Cl)cn2)c1F. The van der Waals surface area contributed by atoms with E-state index in [4.69, 9.17) is 21.1 Å². The van der Waals surface area contributed by atoms with E-state index in [0.29, 0.717) is 22.2 Å². The van der Waals surface area contributed by atoms with E-state index in [2.05, 4.69) is 23.1 Å². The fraction of sp³-hybridized carbons (Fsp3) is 0.250. The lowest BCUT2D eigenvalue weighted by molar-refractivity contribution is 0.239. The third-order valence-electron chi connectivity index (χ3n) is 3.38. The lowest BCUT2D eigenvalue weighted by Crippen LogP contribution is -2.29. The molecule has 9 heteroatoms. The van der Waals surface area contributed by atoms with Crippen molar-refractivity contribution in [2.45, 2.75) is 6.42 Å². The van der Waals surface area contributed by atoms with Crippen molar-refractivity contribution in [2.75, 3.05) is 26.1 Å². The molecule has 0 atom stereocenters. The number of methoxy groups -OCH3 is 2. The average molecular weight is 386 g/mol. The van der Waals surface area contributed by atoms with Crippen LogP contribution >= 0.6 is 24.4 Å². The van der Waals surface area contributed by atoms with E-state index in [1.165, 1.54) is 26.5 Å². The summed E-state index contributed by atoms with van der Waals surface area (Å²) in [5, 5.41) is 3.02. The highest BCUT2D eigenvalue weighted by Crippen LogP contribution is 2.29. The summed E-state index contributed by atoms with van der Waals surface area (Å²) in [6.45, 7) is 0.142. The molecule has 1 heterocycles. The van der Waals surface area contributed by atoms with Crippen LogP contribution in [0, 0.1) is 5.82 Å². The molecule has 2 aromatic rings. The van der Waals surface area contributed by atoms with Gasteiger partial charge in [-0.15, -0.1) is 0 Å². The molecular formula is C16H17ClFN3O3S. The Morgan fingerprint density at radius 3 is 2.56 bits per heavy atom. The van der Waals surface area contributed by atoms with Crippen LogP contribution in [-0.4, -0.2) is 36.1 Å². The third-order valence-corrected chi connectivity index (χ3v) is 3.98. The maximum Gasteiger partial charge on any atom is 0.332 e. The van der Waals surface area contributed by atoms with Gasteiger partial charge in [-0.3, -0.25) is 9.62 Å². The van der Waals surface area contributed by atoms with Crippen LogP contribution in [0.2, 0.25) is 5.02 Å². The highest BCUT2D eigenvalue weighted by atomic mass is 35.5. The molecule has 0 aliphatic rings. The third kappa shape index (κ3) is 4.90. The molecular weight excluding hydrogens is 369 g/mol. The van der Waals surface area contributed by atoms with Crippen LogP contribution in [0.15, 0.2) is 30.5 Å². The number of aromatic nitrogens is 1. The van der Waals surface area contributed by atoms with Gasteiger partial charge in [-0.1, -0.05) is 24.4 Å². The normalized spacial score (nSPS) is 10.3. The van der Waals surface area contributed by atoms with E-state index < -0.39 is 11.8 Å². The van der Waals surface area contributed by atoms with Crippen molar-refractivity contribution in [3.63, 3.8) is 0 Å². The first-order chi connectivity index (χ1) is 12.0. The molecule has 0 saturated carbocycles. The molecule has 134 valence electrons. The van der Waals surface area contributed by atoms with E-state index in [0.717, 1.165) is 4.31 Å². The van der Waals surface area contributed by atoms with Crippen LogP contribution in [0.3, 0.4) is 0 Å². The number of amides is 2. The quantitative estimate of drug-likeness (QED) is 0.742. The van der Waals surface area contributed by atoms with Crippen molar-refractivity contribution in [1.82, 2.24) is 9.29 Å². The second-order valence-corrected chi connectivity index (χ2v) is 5.85. The summed E-state index contributed by atoms with van der Waals surface area (Å²) in [5.41, 5.74) is 0.304. The predicted molar refractivity (Wildman–Crippen MR) is 97.2 cm³/mol. The summed E-state index contributed by atoms with van der Waals surface area (Å²) >= 11 is 9.86. The van der Waals surface area contributed by atoms with Gasteiger partial charge in [0.15, 0.2) is 11.6 Å². The molecule has 1 aromatic heterocycles. The number of carbonyl (C=O) groups excluding carboxylic acids is 1. The van der Waals surface area contributed by atoms with Gasteiger partial charge in [0.25, 0.3) is 0 Å². The first-order valence-corrected chi connectivity index (χ1v) is 8.02. The zero-order valence-electron chi connectivity index (χ0n) is 13.6. The first kappa shape index (κ1) is 19.1. The van der Waals surface area contributed by atoms with Gasteiger partial charge in [-0.05, 0) is 30.7 Å². The largest absolute Gasteiger partial charge is 0.496 e. The molecule has 25 heavy (non-hydrogen) atoms. The topological polar surface area (TPSA) is 63.7 Å². The fourth-order valence-corrected chi connectivity index (χ4v) is 2.37. The van der Waals surface area contributed by atoms with Gasteiger partial charge in [0.1, 0.15) is 11.6 Å². The number of nitrogens with one attached hydrogen (secondary N) is 1. The van der Waals surface area contributed by atoms with Crippen LogP contribution in [-0.2, 0) is 6.42 Å². The average Bonchev–Trinajstić information content (AvgIpc) is 2.61. The minimum Gasteiger partial charge on any atom is -0.496 e. The van der Waals surface area contributed by atoms with Crippen LogP contribution in [0.1, 0.15) is 5.56 Å². The summed E-state index contributed by atoms with van der Waals surface area (Å²) in [4.78, 5) is 16.1. The van der Waals surface area contributed by atoms with Crippen molar-refractivity contribution >= 4 is 36.3 Å². The standard InChI is InChI=1S/C16H17ClFN3O3S/c1-23-12-4-5-13(24-2)15(18)11(12)7-8-21(25)16(22)20-14-6-3-10(17)9-19-14/h3-6,9,25H,7-8H2,1-2H3,(H,19,20,22). The van der Waals surface area contributed by atoms with Gasteiger partial charge in [-0.2, -0.15) is 0 Å².